The molecule has 0 radical (unpaired) electrons. The van der Waals surface area contributed by atoms with Gasteiger partial charge in [-0.15, -0.1) is 0 Å². The van der Waals surface area contributed by atoms with E-state index in [1.807, 2.05) is 6.92 Å². The fourth-order valence-corrected chi connectivity index (χ4v) is 1.05. The zero-order valence-corrected chi connectivity index (χ0v) is 10.4. The molecule has 0 aliphatic rings. The van der Waals surface area contributed by atoms with Crippen molar-refractivity contribution >= 4 is 6.09 Å². The number of nitrogens with one attached hydrogen (secondary N) is 2. The lowest BCUT2D eigenvalue weighted by Crippen LogP contribution is -2.36. The number of unbranched alkanes of at least 4 members (excludes halogenated alkanes) is 1. The molecule has 0 unspecified atom stereocenters. The van der Waals surface area contributed by atoms with Crippen LogP contribution in [-0.2, 0) is 4.74 Å². The van der Waals surface area contributed by atoms with Crippen molar-refractivity contribution in [2.45, 2.75) is 46.1 Å². The summed E-state index contributed by atoms with van der Waals surface area (Å²) in [7, 11) is 0. The number of alkyl carbamates (subject to hydrolysis) is 1. The topological polar surface area (TPSA) is 50.4 Å². The van der Waals surface area contributed by atoms with E-state index in [1.54, 1.807) is 0 Å². The van der Waals surface area contributed by atoms with Gasteiger partial charge in [-0.1, -0.05) is 0 Å². The summed E-state index contributed by atoms with van der Waals surface area (Å²) in [6, 6.07) is 0. The maximum Gasteiger partial charge on any atom is 0.407 e. The molecule has 0 rings (SSSR count). The summed E-state index contributed by atoms with van der Waals surface area (Å²) >= 11 is 0. The first kappa shape index (κ1) is 14.2. The second-order valence-corrected chi connectivity index (χ2v) is 4.55. The maximum atomic E-state index is 10.9. The van der Waals surface area contributed by atoms with E-state index in [9.17, 15) is 4.79 Å². The van der Waals surface area contributed by atoms with E-state index < -0.39 is 0 Å². The molecule has 2 N–H and O–H groups in total. The molecular formula is C11H24N2O2. The third kappa shape index (κ3) is 11.2. The fourth-order valence-electron chi connectivity index (χ4n) is 1.05. The average Bonchev–Trinajstić information content (AvgIpc) is 2.09. The van der Waals surface area contributed by atoms with Crippen molar-refractivity contribution in [3.63, 3.8) is 0 Å². The molecule has 0 fully saturated rings. The summed E-state index contributed by atoms with van der Waals surface area (Å²) in [6.07, 6.45) is 1.61. The van der Waals surface area contributed by atoms with Crippen LogP contribution in [0.3, 0.4) is 0 Å². The van der Waals surface area contributed by atoms with Crippen molar-refractivity contribution in [3.05, 3.63) is 0 Å². The van der Waals surface area contributed by atoms with Gasteiger partial charge in [-0.2, -0.15) is 0 Å². The first-order valence-corrected chi connectivity index (χ1v) is 5.61. The number of amides is 1. The van der Waals surface area contributed by atoms with Crippen LogP contribution in [0.1, 0.15) is 40.5 Å². The summed E-state index contributed by atoms with van der Waals surface area (Å²) in [6.45, 7) is 10.4. The Kier molecular flexibility index (Phi) is 7.13. The van der Waals surface area contributed by atoms with Gasteiger partial charge in [-0.05, 0) is 47.1 Å². The quantitative estimate of drug-likeness (QED) is 0.667. The normalized spacial score (nSPS) is 11.2. The van der Waals surface area contributed by atoms with Gasteiger partial charge in [0.15, 0.2) is 0 Å². The van der Waals surface area contributed by atoms with Crippen LogP contribution in [0.25, 0.3) is 0 Å². The largest absolute Gasteiger partial charge is 0.450 e. The fraction of sp³-hybridized carbons (Fsp3) is 0.909. The predicted octanol–water partition coefficient (Wildman–Crippen LogP) is 1.90. The van der Waals surface area contributed by atoms with Crippen molar-refractivity contribution in [2.75, 3.05) is 19.7 Å². The molecule has 0 aromatic heterocycles. The molecule has 4 heteroatoms. The highest BCUT2D eigenvalue weighted by Crippen LogP contribution is 1.99. The minimum Gasteiger partial charge on any atom is -0.450 e. The number of hydrogen-bond acceptors (Lipinski definition) is 3. The molecule has 0 aromatic rings. The molecule has 0 atom stereocenters. The summed E-state index contributed by atoms with van der Waals surface area (Å²) in [5.74, 6) is 0. The lowest BCUT2D eigenvalue weighted by Gasteiger charge is -2.20. The molecule has 0 aliphatic heterocycles. The Morgan fingerprint density at radius 3 is 2.47 bits per heavy atom. The van der Waals surface area contributed by atoms with Gasteiger partial charge in [0.25, 0.3) is 0 Å². The lowest BCUT2D eigenvalue weighted by molar-refractivity contribution is 0.144. The summed E-state index contributed by atoms with van der Waals surface area (Å²) in [5, 5.41) is 5.96. The first-order chi connectivity index (χ1) is 6.95. The van der Waals surface area contributed by atoms with E-state index in [4.69, 9.17) is 4.74 Å². The van der Waals surface area contributed by atoms with Gasteiger partial charge in [0.05, 0.1) is 6.61 Å². The van der Waals surface area contributed by atoms with Gasteiger partial charge in [-0.25, -0.2) is 4.79 Å². The smallest absolute Gasteiger partial charge is 0.407 e. The van der Waals surface area contributed by atoms with Crippen molar-refractivity contribution < 1.29 is 9.53 Å². The highest BCUT2D eigenvalue weighted by molar-refractivity contribution is 5.66. The van der Waals surface area contributed by atoms with E-state index in [1.165, 1.54) is 0 Å². The van der Waals surface area contributed by atoms with Crippen molar-refractivity contribution in [1.29, 1.82) is 0 Å². The summed E-state index contributed by atoms with van der Waals surface area (Å²) in [4.78, 5) is 10.9. The van der Waals surface area contributed by atoms with Crippen LogP contribution in [0.4, 0.5) is 4.79 Å². The first-order valence-electron chi connectivity index (χ1n) is 5.61. The Bertz CT molecular complexity index is 176. The molecule has 0 saturated heterocycles. The Hall–Kier alpha value is -0.770. The molecule has 4 nitrogen and oxygen atoms in total. The molecular weight excluding hydrogens is 192 g/mol. The monoisotopic (exact) mass is 216 g/mol. The predicted molar refractivity (Wildman–Crippen MR) is 62.0 cm³/mol. The SMILES string of the molecule is CCNC(=O)OCCCCNC(C)(C)C. The van der Waals surface area contributed by atoms with Crippen molar-refractivity contribution in [1.82, 2.24) is 10.6 Å². The number of rotatable bonds is 6. The Labute approximate surface area is 92.8 Å². The van der Waals surface area contributed by atoms with Crippen LogP contribution in [0, 0.1) is 0 Å². The molecule has 0 bridgehead atoms. The summed E-state index contributed by atoms with van der Waals surface area (Å²) in [5.41, 5.74) is 0.167. The van der Waals surface area contributed by atoms with Gasteiger partial charge < -0.3 is 15.4 Å². The number of ether oxygens (including phenoxy) is 1. The second kappa shape index (κ2) is 7.51. The van der Waals surface area contributed by atoms with Crippen molar-refractivity contribution in [3.8, 4) is 0 Å². The van der Waals surface area contributed by atoms with Crippen LogP contribution in [0.2, 0.25) is 0 Å². The van der Waals surface area contributed by atoms with Crippen LogP contribution >= 0.6 is 0 Å². The van der Waals surface area contributed by atoms with Gasteiger partial charge in [-0.3, -0.25) is 0 Å². The van der Waals surface area contributed by atoms with Gasteiger partial charge in [0.1, 0.15) is 0 Å². The number of carbonyl (C=O) groups is 1. The molecule has 90 valence electrons. The summed E-state index contributed by atoms with van der Waals surface area (Å²) < 4.78 is 4.94. The molecule has 0 aromatic carbocycles. The van der Waals surface area contributed by atoms with Crippen LogP contribution in [-0.4, -0.2) is 31.3 Å². The molecule has 0 heterocycles. The third-order valence-corrected chi connectivity index (χ3v) is 1.78. The van der Waals surface area contributed by atoms with E-state index in [-0.39, 0.29) is 11.6 Å². The van der Waals surface area contributed by atoms with Gasteiger partial charge >= 0.3 is 6.09 Å². The highest BCUT2D eigenvalue weighted by Gasteiger charge is 2.07. The van der Waals surface area contributed by atoms with E-state index in [2.05, 4.69) is 31.4 Å². The third-order valence-electron chi connectivity index (χ3n) is 1.78. The Balaban J connectivity index is 3.22. The minimum atomic E-state index is -0.318. The molecule has 0 aliphatic carbocycles. The van der Waals surface area contributed by atoms with Crippen LogP contribution in [0.15, 0.2) is 0 Å². The number of carbonyl (C=O) groups excluding carboxylic acids is 1. The maximum absolute atomic E-state index is 10.9. The Morgan fingerprint density at radius 1 is 1.27 bits per heavy atom. The zero-order chi connectivity index (χ0) is 11.7. The van der Waals surface area contributed by atoms with Gasteiger partial charge in [0, 0.05) is 12.1 Å². The molecule has 1 amide bonds. The van der Waals surface area contributed by atoms with Crippen molar-refractivity contribution in [2.24, 2.45) is 0 Å². The van der Waals surface area contributed by atoms with E-state index >= 15 is 0 Å². The minimum absolute atomic E-state index is 0.167. The van der Waals surface area contributed by atoms with E-state index in [0.717, 1.165) is 19.4 Å². The van der Waals surface area contributed by atoms with Gasteiger partial charge in [0.2, 0.25) is 0 Å². The van der Waals surface area contributed by atoms with Crippen LogP contribution < -0.4 is 10.6 Å². The highest BCUT2D eigenvalue weighted by atomic mass is 16.5. The Morgan fingerprint density at radius 2 is 1.93 bits per heavy atom. The van der Waals surface area contributed by atoms with Crippen LogP contribution in [0.5, 0.6) is 0 Å². The second-order valence-electron chi connectivity index (χ2n) is 4.55. The lowest BCUT2D eigenvalue weighted by atomic mass is 10.1. The molecule has 0 spiro atoms. The average molecular weight is 216 g/mol. The molecule has 15 heavy (non-hydrogen) atoms. The molecule has 0 saturated carbocycles. The number of hydrogen-bond donors (Lipinski definition) is 2. The standard InChI is InChI=1S/C11H24N2O2/c1-5-12-10(14)15-9-7-6-8-13-11(2,3)4/h13H,5-9H2,1-4H3,(H,12,14). The zero-order valence-electron chi connectivity index (χ0n) is 10.4. The van der Waals surface area contributed by atoms with E-state index in [0.29, 0.717) is 13.2 Å².